The number of nitrogens with zero attached hydrogens (tertiary/aromatic N) is 3. The van der Waals surface area contributed by atoms with Crippen molar-refractivity contribution in [2.45, 2.75) is 43.9 Å². The zero-order chi connectivity index (χ0) is 23.5. The van der Waals surface area contributed by atoms with Gasteiger partial charge in [-0.2, -0.15) is 4.31 Å². The van der Waals surface area contributed by atoms with Gasteiger partial charge in [-0.1, -0.05) is 25.6 Å². The molecule has 2 atom stereocenters. The summed E-state index contributed by atoms with van der Waals surface area (Å²) in [5, 5.41) is 9.05. The molecular weight excluding hydrogens is 470 g/mol. The number of amidine groups is 1. The molecule has 2 N–H and O–H groups in total. The number of rotatable bonds is 8. The summed E-state index contributed by atoms with van der Waals surface area (Å²) >= 11 is 2.87. The third-order valence-corrected chi connectivity index (χ3v) is 8.99. The maximum atomic E-state index is 12.9. The number of nitrogens with one attached hydrogen (secondary N) is 2. The highest BCUT2D eigenvalue weighted by Crippen LogP contribution is 2.41. The molecule has 9 nitrogen and oxygen atoms in total. The number of methoxy groups -OCH3 is 1. The number of ether oxygens (including phenoxy) is 1. The predicted molar refractivity (Wildman–Crippen MR) is 130 cm³/mol. The Balaban J connectivity index is 1.83. The lowest BCUT2D eigenvalue weighted by atomic mass is 10.2. The van der Waals surface area contributed by atoms with E-state index in [1.165, 1.54) is 41.4 Å². The van der Waals surface area contributed by atoms with Gasteiger partial charge in [0.05, 0.1) is 34.7 Å². The summed E-state index contributed by atoms with van der Waals surface area (Å²) < 4.78 is 32.7. The predicted octanol–water partition coefficient (Wildman–Crippen LogP) is 3.59. The minimum atomic E-state index is -3.60. The first kappa shape index (κ1) is 24.5. The second kappa shape index (κ2) is 10.2. The van der Waals surface area contributed by atoms with E-state index in [2.05, 4.69) is 20.6 Å². The molecule has 2 heterocycles. The molecule has 0 bridgehead atoms. The largest absolute Gasteiger partial charge is 0.495 e. The summed E-state index contributed by atoms with van der Waals surface area (Å²) in [5.74, 6) is 0.358. The monoisotopic (exact) mass is 497 g/mol. The van der Waals surface area contributed by atoms with Crippen LogP contribution in [0.4, 0.5) is 10.8 Å². The van der Waals surface area contributed by atoms with Gasteiger partial charge in [0, 0.05) is 25.4 Å². The number of benzene rings is 1. The highest BCUT2D eigenvalue weighted by molar-refractivity contribution is 8.14. The van der Waals surface area contributed by atoms with Crippen LogP contribution in [0.15, 0.2) is 33.5 Å². The molecule has 1 amide bonds. The molecule has 0 aliphatic carbocycles. The van der Waals surface area contributed by atoms with E-state index in [0.29, 0.717) is 34.8 Å². The Morgan fingerprint density at radius 3 is 2.62 bits per heavy atom. The Kier molecular flexibility index (Phi) is 7.80. The van der Waals surface area contributed by atoms with E-state index in [0.717, 1.165) is 5.69 Å². The summed E-state index contributed by atoms with van der Waals surface area (Å²) in [6.07, 6.45) is 0. The van der Waals surface area contributed by atoms with Gasteiger partial charge in [0.15, 0.2) is 10.3 Å². The van der Waals surface area contributed by atoms with E-state index in [-0.39, 0.29) is 22.1 Å². The highest BCUT2D eigenvalue weighted by Gasteiger charge is 2.31. The van der Waals surface area contributed by atoms with Gasteiger partial charge in [0.25, 0.3) is 0 Å². The third-order valence-electron chi connectivity index (χ3n) is 4.85. The molecule has 32 heavy (non-hydrogen) atoms. The number of thioether (sulfide) groups is 1. The van der Waals surface area contributed by atoms with Crippen LogP contribution in [0.25, 0.3) is 0 Å². The van der Waals surface area contributed by atoms with Gasteiger partial charge in [-0.15, -0.1) is 11.3 Å². The van der Waals surface area contributed by atoms with Crippen LogP contribution >= 0.6 is 23.1 Å². The van der Waals surface area contributed by atoms with Crippen LogP contribution in [0.1, 0.15) is 38.6 Å². The smallest absolute Gasteiger partial charge is 0.243 e. The van der Waals surface area contributed by atoms with Gasteiger partial charge in [-0.05, 0) is 25.1 Å². The highest BCUT2D eigenvalue weighted by atomic mass is 32.2. The van der Waals surface area contributed by atoms with Gasteiger partial charge in [0.1, 0.15) is 5.75 Å². The van der Waals surface area contributed by atoms with Crippen molar-refractivity contribution in [1.29, 1.82) is 0 Å². The quantitative estimate of drug-likeness (QED) is 0.573. The van der Waals surface area contributed by atoms with Crippen molar-refractivity contribution in [3.05, 3.63) is 29.3 Å². The molecule has 174 valence electrons. The Labute approximate surface area is 196 Å². The van der Waals surface area contributed by atoms with E-state index in [1.54, 1.807) is 18.2 Å². The molecule has 2 aromatic rings. The molecule has 0 saturated heterocycles. The van der Waals surface area contributed by atoms with Crippen molar-refractivity contribution in [2.75, 3.05) is 25.5 Å². The molecule has 1 aliphatic heterocycles. The Morgan fingerprint density at radius 1 is 1.28 bits per heavy atom. The van der Waals surface area contributed by atoms with Gasteiger partial charge in [-0.3, -0.25) is 9.79 Å². The lowest BCUT2D eigenvalue weighted by Crippen LogP contribution is -2.30. The molecule has 0 fully saturated rings. The first-order chi connectivity index (χ1) is 15.2. The van der Waals surface area contributed by atoms with Crippen LogP contribution in [-0.2, 0) is 14.8 Å². The molecule has 1 aromatic carbocycles. The summed E-state index contributed by atoms with van der Waals surface area (Å²) in [7, 11) is -2.07. The number of amides is 1. The zero-order valence-electron chi connectivity index (χ0n) is 18.6. The Hall–Kier alpha value is -2.15. The number of sulfonamides is 1. The van der Waals surface area contributed by atoms with Crippen LogP contribution in [0.3, 0.4) is 0 Å². The normalized spacial score (nSPS) is 18.5. The van der Waals surface area contributed by atoms with Crippen molar-refractivity contribution < 1.29 is 17.9 Å². The summed E-state index contributed by atoms with van der Waals surface area (Å²) in [6.45, 7) is 7.83. The van der Waals surface area contributed by atoms with Gasteiger partial charge < -0.3 is 15.4 Å². The second-order valence-corrected chi connectivity index (χ2v) is 11.0. The number of aliphatic imine (C=N–C) groups is 1. The molecule has 0 spiro atoms. The summed E-state index contributed by atoms with van der Waals surface area (Å²) in [5.41, 5.74) is 1.36. The van der Waals surface area contributed by atoms with E-state index < -0.39 is 10.0 Å². The first-order valence-corrected chi connectivity index (χ1v) is 13.3. The Morgan fingerprint density at radius 2 is 2.00 bits per heavy atom. The van der Waals surface area contributed by atoms with Crippen molar-refractivity contribution in [3.8, 4) is 5.75 Å². The minimum absolute atomic E-state index is 0.0140. The Bertz CT molecular complexity index is 1110. The first-order valence-electron chi connectivity index (χ1n) is 10.1. The third kappa shape index (κ3) is 5.25. The summed E-state index contributed by atoms with van der Waals surface area (Å²) in [6, 6.07) is 4.71. The van der Waals surface area contributed by atoms with Crippen molar-refractivity contribution >= 4 is 55.0 Å². The van der Waals surface area contributed by atoms with Gasteiger partial charge in [0.2, 0.25) is 15.9 Å². The van der Waals surface area contributed by atoms with Crippen LogP contribution in [-0.4, -0.2) is 55.0 Å². The molecule has 2 unspecified atom stereocenters. The molecule has 1 aliphatic rings. The average molecular weight is 498 g/mol. The number of carbonyl (C=O) groups excluding carboxylic acids is 1. The van der Waals surface area contributed by atoms with E-state index in [9.17, 15) is 13.2 Å². The number of aromatic nitrogens is 1. The molecule has 0 radical (unpaired) electrons. The van der Waals surface area contributed by atoms with E-state index in [4.69, 9.17) is 4.74 Å². The fraction of sp³-hybridized carbons (Fsp3) is 0.450. The fourth-order valence-electron chi connectivity index (χ4n) is 3.27. The molecule has 1 aromatic heterocycles. The number of hydrogen-bond donors (Lipinski definition) is 2. The maximum absolute atomic E-state index is 12.9. The van der Waals surface area contributed by atoms with E-state index >= 15 is 0 Å². The summed E-state index contributed by atoms with van der Waals surface area (Å²) in [4.78, 5) is 20.6. The molecular formula is C20H27N5O4S3. The standard InChI is InChI=1S/C20H27N5O4S3/c1-6-25(7-2)32(27,28)14-8-9-17(29-5)15(10-14)23-19-24-16(11-30-19)18-12(3)21-20(31-18)22-13(4)26/h8-12,18H,6-7H2,1-5H3,(H,23,24)(H,21,22,26). The van der Waals surface area contributed by atoms with Crippen LogP contribution in [0.2, 0.25) is 0 Å². The van der Waals surface area contributed by atoms with Crippen molar-refractivity contribution in [2.24, 2.45) is 4.99 Å². The lowest BCUT2D eigenvalue weighted by Gasteiger charge is -2.19. The van der Waals surface area contributed by atoms with Crippen molar-refractivity contribution in [3.63, 3.8) is 0 Å². The van der Waals surface area contributed by atoms with E-state index in [1.807, 2.05) is 26.2 Å². The van der Waals surface area contributed by atoms with Gasteiger partial charge in [-0.25, -0.2) is 13.4 Å². The van der Waals surface area contributed by atoms with Crippen molar-refractivity contribution in [1.82, 2.24) is 14.6 Å². The SMILES string of the molecule is CCN(CC)S(=O)(=O)c1ccc(OC)c(Nc2nc(C3SC(NC(C)=O)=NC3C)cs2)c1. The second-order valence-electron chi connectivity index (χ2n) is 7.05. The van der Waals surface area contributed by atoms with Crippen LogP contribution < -0.4 is 15.4 Å². The minimum Gasteiger partial charge on any atom is -0.495 e. The lowest BCUT2D eigenvalue weighted by molar-refractivity contribution is -0.117. The molecule has 12 heteroatoms. The number of thiazole rings is 1. The zero-order valence-corrected chi connectivity index (χ0v) is 21.0. The maximum Gasteiger partial charge on any atom is 0.243 e. The average Bonchev–Trinajstić information content (AvgIpc) is 3.34. The van der Waals surface area contributed by atoms with Crippen LogP contribution in [0, 0.1) is 0 Å². The molecule has 0 saturated carbocycles. The number of anilines is 2. The number of carbonyl (C=O) groups is 1. The topological polar surface area (TPSA) is 113 Å². The molecule has 3 rings (SSSR count). The van der Waals surface area contributed by atoms with Crippen LogP contribution in [0.5, 0.6) is 5.75 Å². The number of hydrogen-bond acceptors (Lipinski definition) is 9. The van der Waals surface area contributed by atoms with Gasteiger partial charge >= 0.3 is 0 Å². The fourth-order valence-corrected chi connectivity index (χ4v) is 6.77.